The molecular weight excluding hydrogens is 428 g/mol. The fourth-order valence-corrected chi connectivity index (χ4v) is 3.42. The van der Waals surface area contributed by atoms with E-state index >= 15 is 0 Å². The topological polar surface area (TPSA) is 144 Å². The molecule has 0 aliphatic carbocycles. The molecule has 0 spiro atoms. The van der Waals surface area contributed by atoms with Crippen molar-refractivity contribution in [2.75, 3.05) is 20.3 Å². The maximum absolute atomic E-state index is 13.0. The highest BCUT2D eigenvalue weighted by Gasteiger charge is 2.37. The number of nitrogens with one attached hydrogen (secondary N) is 1. The Morgan fingerprint density at radius 2 is 2.06 bits per heavy atom. The van der Waals surface area contributed by atoms with Gasteiger partial charge in [0.15, 0.2) is 6.61 Å². The Hall–Kier alpha value is -4.10. The molecule has 0 fully saturated rings. The normalized spacial score (nSPS) is 13.1. The van der Waals surface area contributed by atoms with E-state index in [2.05, 4.69) is 5.32 Å². The van der Waals surface area contributed by atoms with Crippen LogP contribution < -0.4 is 20.5 Å². The summed E-state index contributed by atoms with van der Waals surface area (Å²) in [6, 6.07) is 11.7. The smallest absolute Gasteiger partial charge is 0.270 e. The van der Waals surface area contributed by atoms with Crippen LogP contribution in [-0.4, -0.2) is 49.2 Å². The number of carbonyl (C=O) groups is 3. The Morgan fingerprint density at radius 3 is 2.73 bits per heavy atom. The highest BCUT2D eigenvalue weighted by atomic mass is 16.5. The van der Waals surface area contributed by atoms with Crippen LogP contribution in [-0.2, 0) is 27.4 Å². The Labute approximate surface area is 190 Å². The summed E-state index contributed by atoms with van der Waals surface area (Å²) in [5, 5.41) is 11.8. The lowest BCUT2D eigenvalue weighted by Crippen LogP contribution is -2.48. The second-order valence-corrected chi connectivity index (χ2v) is 7.17. The van der Waals surface area contributed by atoms with Gasteiger partial charge in [0.1, 0.15) is 11.5 Å². The number of nitrogens with zero attached hydrogens (tertiary/aromatic N) is 2. The number of nitriles is 1. The van der Waals surface area contributed by atoms with E-state index in [9.17, 15) is 14.4 Å². The quantitative estimate of drug-likeness (QED) is 0.548. The van der Waals surface area contributed by atoms with Crippen LogP contribution in [0.1, 0.15) is 34.0 Å². The third-order valence-electron chi connectivity index (χ3n) is 5.00. The van der Waals surface area contributed by atoms with Crippen LogP contribution in [0.25, 0.3) is 0 Å². The summed E-state index contributed by atoms with van der Waals surface area (Å²) < 4.78 is 16.2. The standard InChI is InChI=1S/C23H24N4O6/c1-3-32-23(27-12-16-9-17(31-2)6-7-18(16)22(27)30)21(29)26-11-15-5-4-14(10-24)8-19(15)33-13-20(25)28/h4-9,23H,3,11-13H2,1-2H3,(H2,25,28)(H,26,29). The van der Waals surface area contributed by atoms with Crippen molar-refractivity contribution in [1.82, 2.24) is 10.2 Å². The highest BCUT2D eigenvalue weighted by molar-refractivity contribution is 6.01. The number of amides is 3. The molecule has 1 atom stereocenters. The lowest BCUT2D eigenvalue weighted by molar-refractivity contribution is -0.143. The Kier molecular flexibility index (Phi) is 7.48. The van der Waals surface area contributed by atoms with E-state index in [1.807, 2.05) is 6.07 Å². The fraction of sp³-hybridized carbons (Fsp3) is 0.304. The molecule has 0 saturated heterocycles. The van der Waals surface area contributed by atoms with Crippen molar-refractivity contribution in [2.24, 2.45) is 5.73 Å². The van der Waals surface area contributed by atoms with Crippen LogP contribution in [0.4, 0.5) is 0 Å². The Bertz CT molecular complexity index is 1110. The van der Waals surface area contributed by atoms with Crippen LogP contribution in [0.3, 0.4) is 0 Å². The summed E-state index contributed by atoms with van der Waals surface area (Å²) in [5.41, 5.74) is 7.22. The summed E-state index contributed by atoms with van der Waals surface area (Å²) in [4.78, 5) is 38.3. The summed E-state index contributed by atoms with van der Waals surface area (Å²) in [5.74, 6) is -0.643. The highest BCUT2D eigenvalue weighted by Crippen LogP contribution is 2.28. The van der Waals surface area contributed by atoms with Crippen LogP contribution in [0.2, 0.25) is 0 Å². The minimum atomic E-state index is -1.14. The number of hydrogen-bond donors (Lipinski definition) is 2. The van der Waals surface area contributed by atoms with Gasteiger partial charge in [-0.25, -0.2) is 0 Å². The summed E-state index contributed by atoms with van der Waals surface area (Å²) in [6.07, 6.45) is -1.14. The zero-order valence-electron chi connectivity index (χ0n) is 18.3. The minimum Gasteiger partial charge on any atom is -0.497 e. The molecule has 1 unspecified atom stereocenters. The molecule has 3 N–H and O–H groups in total. The third kappa shape index (κ3) is 5.39. The van der Waals surface area contributed by atoms with Gasteiger partial charge < -0.3 is 30.2 Å². The molecular formula is C23H24N4O6. The fourth-order valence-electron chi connectivity index (χ4n) is 3.42. The second kappa shape index (κ2) is 10.5. The van der Waals surface area contributed by atoms with E-state index in [1.165, 1.54) is 18.1 Å². The molecule has 0 aromatic heterocycles. The monoisotopic (exact) mass is 452 g/mol. The van der Waals surface area contributed by atoms with E-state index in [0.717, 1.165) is 5.56 Å². The Morgan fingerprint density at radius 1 is 1.27 bits per heavy atom. The first-order valence-electron chi connectivity index (χ1n) is 10.2. The zero-order chi connectivity index (χ0) is 24.0. The minimum absolute atomic E-state index is 0.0189. The molecule has 0 radical (unpaired) electrons. The summed E-state index contributed by atoms with van der Waals surface area (Å²) >= 11 is 0. The molecule has 0 bridgehead atoms. The molecule has 2 aromatic carbocycles. The van der Waals surface area contributed by atoms with Crippen molar-refractivity contribution >= 4 is 17.7 Å². The predicted octanol–water partition coefficient (Wildman–Crippen LogP) is 1.07. The molecule has 1 heterocycles. The van der Waals surface area contributed by atoms with E-state index in [0.29, 0.717) is 22.4 Å². The number of nitrogens with two attached hydrogens (primary N) is 1. The Balaban J connectivity index is 1.75. The van der Waals surface area contributed by atoms with E-state index in [4.69, 9.17) is 25.2 Å². The number of ether oxygens (including phenoxy) is 3. The van der Waals surface area contributed by atoms with Gasteiger partial charge in [-0.15, -0.1) is 0 Å². The van der Waals surface area contributed by atoms with E-state index in [1.54, 1.807) is 37.3 Å². The van der Waals surface area contributed by atoms with Crippen LogP contribution in [0.5, 0.6) is 11.5 Å². The van der Waals surface area contributed by atoms with Crippen molar-refractivity contribution in [2.45, 2.75) is 26.2 Å². The molecule has 3 rings (SSSR count). The number of methoxy groups -OCH3 is 1. The van der Waals surface area contributed by atoms with Crippen molar-refractivity contribution in [1.29, 1.82) is 5.26 Å². The first kappa shape index (κ1) is 23.6. The van der Waals surface area contributed by atoms with Gasteiger partial charge in [0, 0.05) is 30.8 Å². The molecule has 172 valence electrons. The lowest BCUT2D eigenvalue weighted by atomic mass is 10.1. The van der Waals surface area contributed by atoms with Crippen molar-refractivity contribution in [3.63, 3.8) is 0 Å². The number of rotatable bonds is 10. The molecule has 10 nitrogen and oxygen atoms in total. The first-order valence-corrected chi connectivity index (χ1v) is 10.2. The van der Waals surface area contributed by atoms with Gasteiger partial charge in [-0.2, -0.15) is 5.26 Å². The van der Waals surface area contributed by atoms with E-state index in [-0.39, 0.29) is 38.0 Å². The first-order chi connectivity index (χ1) is 15.9. The molecule has 1 aliphatic rings. The number of benzene rings is 2. The largest absolute Gasteiger partial charge is 0.497 e. The molecule has 10 heteroatoms. The average molecular weight is 452 g/mol. The molecule has 3 amide bonds. The zero-order valence-corrected chi connectivity index (χ0v) is 18.3. The SMILES string of the molecule is CCOC(C(=O)NCc1ccc(C#N)cc1OCC(N)=O)N1Cc2cc(OC)ccc2C1=O. The molecule has 0 saturated carbocycles. The van der Waals surface area contributed by atoms with Crippen LogP contribution in [0.15, 0.2) is 36.4 Å². The van der Waals surface area contributed by atoms with E-state index < -0.39 is 18.0 Å². The van der Waals surface area contributed by atoms with Gasteiger partial charge in [0.2, 0.25) is 6.23 Å². The van der Waals surface area contributed by atoms with Gasteiger partial charge >= 0.3 is 0 Å². The van der Waals surface area contributed by atoms with Crippen molar-refractivity contribution < 1.29 is 28.6 Å². The third-order valence-corrected chi connectivity index (χ3v) is 5.00. The average Bonchev–Trinajstić information content (AvgIpc) is 3.14. The molecule has 33 heavy (non-hydrogen) atoms. The van der Waals surface area contributed by atoms with Gasteiger partial charge in [0.05, 0.1) is 18.7 Å². The van der Waals surface area contributed by atoms with Gasteiger partial charge in [0.25, 0.3) is 17.7 Å². The lowest BCUT2D eigenvalue weighted by Gasteiger charge is -2.26. The van der Waals surface area contributed by atoms with Gasteiger partial charge in [-0.1, -0.05) is 6.07 Å². The number of primary amides is 1. The number of fused-ring (bicyclic) bond motifs is 1. The van der Waals surface area contributed by atoms with Gasteiger partial charge in [-0.05, 0) is 42.8 Å². The predicted molar refractivity (Wildman–Crippen MR) is 116 cm³/mol. The van der Waals surface area contributed by atoms with Crippen molar-refractivity contribution in [3.05, 3.63) is 58.7 Å². The van der Waals surface area contributed by atoms with Crippen molar-refractivity contribution in [3.8, 4) is 17.6 Å². The van der Waals surface area contributed by atoms with Crippen LogP contribution in [0, 0.1) is 11.3 Å². The summed E-state index contributed by atoms with van der Waals surface area (Å²) in [6.45, 7) is 1.79. The van der Waals surface area contributed by atoms with Crippen LogP contribution >= 0.6 is 0 Å². The maximum atomic E-state index is 13.0. The molecule has 2 aromatic rings. The maximum Gasteiger partial charge on any atom is 0.270 e. The molecule has 1 aliphatic heterocycles. The summed E-state index contributed by atoms with van der Waals surface area (Å²) in [7, 11) is 1.54. The second-order valence-electron chi connectivity index (χ2n) is 7.17. The number of hydrogen-bond acceptors (Lipinski definition) is 7. The number of carbonyl (C=O) groups excluding carboxylic acids is 3. The van der Waals surface area contributed by atoms with Gasteiger partial charge in [-0.3, -0.25) is 14.4 Å².